The summed E-state index contributed by atoms with van der Waals surface area (Å²) in [7, 11) is 1.56. The number of benzene rings is 2. The van der Waals surface area contributed by atoms with Gasteiger partial charge < -0.3 is 19.5 Å². The summed E-state index contributed by atoms with van der Waals surface area (Å²) in [6.07, 6.45) is -5.13. The minimum absolute atomic E-state index is 0.0626. The van der Waals surface area contributed by atoms with E-state index in [2.05, 4.69) is 10.1 Å². The van der Waals surface area contributed by atoms with Crippen LogP contribution in [0.2, 0.25) is 0 Å². The molecule has 1 atom stereocenters. The largest absolute Gasteiger partial charge is 0.497 e. The highest BCUT2D eigenvalue weighted by atomic mass is 19.4. The molecule has 2 aromatic rings. The minimum Gasteiger partial charge on any atom is -0.497 e. The predicted octanol–water partition coefficient (Wildman–Crippen LogP) is 4.18. The second-order valence-electron chi connectivity index (χ2n) is 5.72. The molecule has 0 aliphatic carbocycles. The zero-order valence-corrected chi connectivity index (χ0v) is 14.9. The Morgan fingerprint density at radius 2 is 1.81 bits per heavy atom. The lowest BCUT2D eigenvalue weighted by Gasteiger charge is -2.14. The molecule has 0 saturated heterocycles. The van der Waals surface area contributed by atoms with Crippen molar-refractivity contribution in [3.8, 4) is 11.5 Å². The van der Waals surface area contributed by atoms with E-state index in [1.807, 2.05) is 24.3 Å². The number of nitrogens with one attached hydrogen (secondary N) is 1. The molecule has 0 bridgehead atoms. The first-order valence-corrected chi connectivity index (χ1v) is 8.12. The van der Waals surface area contributed by atoms with Crippen molar-refractivity contribution in [2.75, 3.05) is 19.0 Å². The maximum atomic E-state index is 12.2. The lowest BCUT2D eigenvalue weighted by Crippen LogP contribution is -2.27. The van der Waals surface area contributed by atoms with Gasteiger partial charge in [0, 0.05) is 5.69 Å². The van der Waals surface area contributed by atoms with Gasteiger partial charge in [0.2, 0.25) is 0 Å². The summed E-state index contributed by atoms with van der Waals surface area (Å²) >= 11 is 0. The molecular weight excluding hydrogens is 363 g/mol. The SMILES string of the molecule is COc1cccc(CO[C@H](C)C(=O)Nc2ccc(OCC(F)(F)F)cc2)c1. The summed E-state index contributed by atoms with van der Waals surface area (Å²) in [6.45, 7) is 0.472. The number of carbonyl (C=O) groups is 1. The molecule has 5 nitrogen and oxygen atoms in total. The quantitative estimate of drug-likeness (QED) is 0.743. The Kier molecular flexibility index (Phi) is 7.06. The molecule has 27 heavy (non-hydrogen) atoms. The normalized spacial score (nSPS) is 12.3. The van der Waals surface area contributed by atoms with Gasteiger partial charge in [-0.1, -0.05) is 12.1 Å². The van der Waals surface area contributed by atoms with Crippen LogP contribution in [0, 0.1) is 0 Å². The molecule has 0 fully saturated rings. The lowest BCUT2D eigenvalue weighted by molar-refractivity contribution is -0.153. The van der Waals surface area contributed by atoms with Gasteiger partial charge in [-0.25, -0.2) is 0 Å². The maximum absolute atomic E-state index is 12.2. The maximum Gasteiger partial charge on any atom is 0.422 e. The Morgan fingerprint density at radius 3 is 2.44 bits per heavy atom. The number of hydrogen-bond acceptors (Lipinski definition) is 4. The molecule has 0 unspecified atom stereocenters. The van der Waals surface area contributed by atoms with E-state index in [1.165, 1.54) is 24.3 Å². The zero-order chi connectivity index (χ0) is 19.9. The molecule has 0 aliphatic heterocycles. The first-order chi connectivity index (χ1) is 12.8. The van der Waals surface area contributed by atoms with Crippen LogP contribution < -0.4 is 14.8 Å². The molecule has 146 valence electrons. The average molecular weight is 383 g/mol. The highest BCUT2D eigenvalue weighted by molar-refractivity contribution is 5.93. The summed E-state index contributed by atoms with van der Waals surface area (Å²) < 4.78 is 51.6. The highest BCUT2D eigenvalue weighted by Crippen LogP contribution is 2.20. The molecule has 2 aromatic carbocycles. The Hall–Kier alpha value is -2.74. The van der Waals surface area contributed by atoms with Gasteiger partial charge in [0.25, 0.3) is 5.91 Å². The monoisotopic (exact) mass is 383 g/mol. The van der Waals surface area contributed by atoms with Gasteiger partial charge in [0.05, 0.1) is 13.7 Å². The van der Waals surface area contributed by atoms with E-state index in [4.69, 9.17) is 9.47 Å². The summed E-state index contributed by atoms with van der Waals surface area (Å²) in [6, 6.07) is 12.9. The summed E-state index contributed by atoms with van der Waals surface area (Å²) in [5.74, 6) is 0.385. The van der Waals surface area contributed by atoms with E-state index >= 15 is 0 Å². The van der Waals surface area contributed by atoms with Crippen molar-refractivity contribution in [3.05, 3.63) is 54.1 Å². The first-order valence-electron chi connectivity index (χ1n) is 8.12. The van der Waals surface area contributed by atoms with Crippen molar-refractivity contribution in [1.29, 1.82) is 0 Å². The Bertz CT molecular complexity index is 747. The molecule has 8 heteroatoms. The Labute approximate surface area is 155 Å². The number of ether oxygens (including phenoxy) is 3. The highest BCUT2D eigenvalue weighted by Gasteiger charge is 2.28. The van der Waals surface area contributed by atoms with Crippen molar-refractivity contribution < 1.29 is 32.2 Å². The van der Waals surface area contributed by atoms with Crippen LogP contribution in [0.25, 0.3) is 0 Å². The lowest BCUT2D eigenvalue weighted by atomic mass is 10.2. The van der Waals surface area contributed by atoms with Crippen LogP contribution >= 0.6 is 0 Å². The topological polar surface area (TPSA) is 56.8 Å². The number of rotatable bonds is 8. The van der Waals surface area contributed by atoms with Crippen LogP contribution in [-0.4, -0.2) is 31.9 Å². The smallest absolute Gasteiger partial charge is 0.422 e. The number of alkyl halides is 3. The van der Waals surface area contributed by atoms with E-state index in [0.717, 1.165) is 5.56 Å². The number of anilines is 1. The molecule has 0 saturated carbocycles. The molecule has 0 heterocycles. The van der Waals surface area contributed by atoms with Gasteiger partial charge in [-0.15, -0.1) is 0 Å². The van der Waals surface area contributed by atoms with Crippen LogP contribution in [0.5, 0.6) is 11.5 Å². The molecular formula is C19H20F3NO4. The molecule has 2 rings (SSSR count). The van der Waals surface area contributed by atoms with Crippen molar-refractivity contribution in [2.24, 2.45) is 0 Å². The summed E-state index contributed by atoms with van der Waals surface area (Å²) in [5, 5.41) is 2.63. The van der Waals surface area contributed by atoms with Crippen molar-refractivity contribution in [1.82, 2.24) is 0 Å². The van der Waals surface area contributed by atoms with E-state index < -0.39 is 18.9 Å². The summed E-state index contributed by atoms with van der Waals surface area (Å²) in [5.41, 5.74) is 1.29. The van der Waals surface area contributed by atoms with Gasteiger partial charge in [-0.05, 0) is 48.9 Å². The van der Waals surface area contributed by atoms with Crippen LogP contribution in [0.4, 0.5) is 18.9 Å². The second kappa shape index (κ2) is 9.27. The van der Waals surface area contributed by atoms with Gasteiger partial charge in [-0.3, -0.25) is 4.79 Å². The molecule has 0 aliphatic rings. The van der Waals surface area contributed by atoms with Crippen LogP contribution in [-0.2, 0) is 16.1 Å². The van der Waals surface area contributed by atoms with Crippen molar-refractivity contribution >= 4 is 11.6 Å². The fraction of sp³-hybridized carbons (Fsp3) is 0.316. The average Bonchev–Trinajstić information content (AvgIpc) is 2.65. The van der Waals surface area contributed by atoms with Crippen molar-refractivity contribution in [2.45, 2.75) is 25.8 Å². The van der Waals surface area contributed by atoms with Crippen LogP contribution in [0.3, 0.4) is 0 Å². The number of hydrogen-bond donors (Lipinski definition) is 1. The third-order valence-corrected chi connectivity index (χ3v) is 3.53. The van der Waals surface area contributed by atoms with Crippen LogP contribution in [0.1, 0.15) is 12.5 Å². The third kappa shape index (κ3) is 7.18. The fourth-order valence-corrected chi connectivity index (χ4v) is 2.10. The number of carbonyl (C=O) groups excluding carboxylic acids is 1. The second-order valence-corrected chi connectivity index (χ2v) is 5.72. The zero-order valence-electron chi connectivity index (χ0n) is 14.9. The fourth-order valence-electron chi connectivity index (χ4n) is 2.10. The Morgan fingerprint density at radius 1 is 1.11 bits per heavy atom. The van der Waals surface area contributed by atoms with Gasteiger partial charge >= 0.3 is 6.18 Å². The van der Waals surface area contributed by atoms with E-state index in [-0.39, 0.29) is 18.3 Å². The molecule has 0 spiro atoms. The van der Waals surface area contributed by atoms with E-state index in [0.29, 0.717) is 11.4 Å². The minimum atomic E-state index is -4.40. The molecule has 1 amide bonds. The molecule has 0 aromatic heterocycles. The molecule has 0 radical (unpaired) electrons. The van der Waals surface area contributed by atoms with Crippen molar-refractivity contribution in [3.63, 3.8) is 0 Å². The third-order valence-electron chi connectivity index (χ3n) is 3.53. The Balaban J connectivity index is 1.83. The number of amides is 1. The van der Waals surface area contributed by atoms with E-state index in [9.17, 15) is 18.0 Å². The predicted molar refractivity (Wildman–Crippen MR) is 93.9 cm³/mol. The van der Waals surface area contributed by atoms with Crippen LogP contribution in [0.15, 0.2) is 48.5 Å². The number of halogens is 3. The number of methoxy groups -OCH3 is 1. The first kappa shape index (κ1) is 20.6. The standard InChI is InChI=1S/C19H20F3NO4/c1-13(26-11-14-4-3-5-17(10-14)25-2)18(24)23-15-6-8-16(9-7-15)27-12-19(20,21)22/h3-10,13H,11-12H2,1-2H3,(H,23,24)/t13-/m1/s1. The van der Waals surface area contributed by atoms with Gasteiger partial charge in [-0.2, -0.15) is 13.2 Å². The molecule has 1 N–H and O–H groups in total. The van der Waals surface area contributed by atoms with Gasteiger partial charge in [0.1, 0.15) is 17.6 Å². The van der Waals surface area contributed by atoms with E-state index in [1.54, 1.807) is 14.0 Å². The summed E-state index contributed by atoms with van der Waals surface area (Å²) in [4.78, 5) is 12.2. The van der Waals surface area contributed by atoms with Gasteiger partial charge in [0.15, 0.2) is 6.61 Å².